The van der Waals surface area contributed by atoms with Crippen LogP contribution in [0.15, 0.2) is 28.7 Å². The van der Waals surface area contributed by atoms with E-state index in [4.69, 9.17) is 4.42 Å². The van der Waals surface area contributed by atoms with Gasteiger partial charge < -0.3 is 9.73 Å². The van der Waals surface area contributed by atoms with Crippen LogP contribution in [0.3, 0.4) is 0 Å². The molecule has 1 N–H and O–H groups in total. The van der Waals surface area contributed by atoms with Crippen molar-refractivity contribution >= 4 is 16.7 Å². The summed E-state index contributed by atoms with van der Waals surface area (Å²) in [6.07, 6.45) is 5.53. The number of nitrogens with zero attached hydrogens (tertiary/aromatic N) is 1. The summed E-state index contributed by atoms with van der Waals surface area (Å²) in [6.45, 7) is 6.12. The molecular weight excluding hydrogens is 372 g/mol. The maximum absolute atomic E-state index is 12.5. The van der Waals surface area contributed by atoms with Crippen molar-refractivity contribution in [3.63, 3.8) is 0 Å². The van der Waals surface area contributed by atoms with Gasteiger partial charge in [0.25, 0.3) is 0 Å². The number of rotatable bonds is 7. The first-order valence-corrected chi connectivity index (χ1v) is 11.6. The van der Waals surface area contributed by atoms with E-state index in [1.165, 1.54) is 12.0 Å². The Hall–Kier alpha value is -1.95. The number of aromatic nitrogens is 1. The highest BCUT2D eigenvalue weighted by molar-refractivity contribution is 7.84. The SMILES string of the molecule is CCc1ccc(-c2nc(C[S@@](=O)CC(=O)N[C@@H]3CCCC[C@@H]3C)c(C)o2)cc1. The fourth-order valence-electron chi connectivity index (χ4n) is 3.70. The maximum atomic E-state index is 12.5. The lowest BCUT2D eigenvalue weighted by Crippen LogP contribution is -2.42. The van der Waals surface area contributed by atoms with Gasteiger partial charge in [-0.05, 0) is 49.8 Å². The van der Waals surface area contributed by atoms with E-state index < -0.39 is 10.8 Å². The molecule has 152 valence electrons. The summed E-state index contributed by atoms with van der Waals surface area (Å²) in [4.78, 5) is 16.8. The van der Waals surface area contributed by atoms with Crippen LogP contribution < -0.4 is 5.32 Å². The van der Waals surface area contributed by atoms with E-state index in [-0.39, 0.29) is 23.5 Å². The van der Waals surface area contributed by atoms with Gasteiger partial charge in [0.15, 0.2) is 0 Å². The minimum atomic E-state index is -1.31. The molecule has 5 nitrogen and oxygen atoms in total. The lowest BCUT2D eigenvalue weighted by molar-refractivity contribution is -0.119. The van der Waals surface area contributed by atoms with Crippen molar-refractivity contribution in [1.29, 1.82) is 0 Å². The lowest BCUT2D eigenvalue weighted by atomic mass is 9.86. The molecule has 1 aromatic carbocycles. The second kappa shape index (κ2) is 9.50. The predicted molar refractivity (Wildman–Crippen MR) is 112 cm³/mol. The first kappa shape index (κ1) is 20.8. The molecule has 1 saturated carbocycles. The van der Waals surface area contributed by atoms with Crippen molar-refractivity contribution in [2.45, 2.75) is 64.7 Å². The average Bonchev–Trinajstić information content (AvgIpc) is 3.04. The number of carbonyl (C=O) groups excluding carboxylic acids is 1. The third-order valence-corrected chi connectivity index (χ3v) is 6.73. The van der Waals surface area contributed by atoms with E-state index in [9.17, 15) is 9.00 Å². The van der Waals surface area contributed by atoms with E-state index in [1.54, 1.807) is 0 Å². The minimum absolute atomic E-state index is 0.00997. The van der Waals surface area contributed by atoms with Crippen LogP contribution >= 0.6 is 0 Å². The Morgan fingerprint density at radius 2 is 1.96 bits per heavy atom. The Balaban J connectivity index is 1.57. The molecule has 1 heterocycles. The summed E-state index contributed by atoms with van der Waals surface area (Å²) in [6, 6.07) is 8.31. The zero-order valence-corrected chi connectivity index (χ0v) is 17.8. The molecule has 3 rings (SSSR count). The topological polar surface area (TPSA) is 72.2 Å². The molecule has 0 aliphatic heterocycles. The third kappa shape index (κ3) is 5.31. The Kier molecular flexibility index (Phi) is 7.05. The molecule has 1 fully saturated rings. The van der Waals surface area contributed by atoms with Crippen molar-refractivity contribution in [2.24, 2.45) is 5.92 Å². The molecule has 0 bridgehead atoms. The van der Waals surface area contributed by atoms with Gasteiger partial charge in [0, 0.05) is 22.4 Å². The molecule has 28 heavy (non-hydrogen) atoms. The Morgan fingerprint density at radius 3 is 2.64 bits per heavy atom. The van der Waals surface area contributed by atoms with E-state index >= 15 is 0 Å². The van der Waals surface area contributed by atoms with Gasteiger partial charge in [-0.1, -0.05) is 38.8 Å². The fourth-order valence-corrected chi connectivity index (χ4v) is 4.75. The molecule has 0 radical (unpaired) electrons. The Labute approximate surface area is 169 Å². The van der Waals surface area contributed by atoms with Crippen LogP contribution in [0.4, 0.5) is 0 Å². The highest BCUT2D eigenvalue weighted by Crippen LogP contribution is 2.24. The number of hydrogen-bond donors (Lipinski definition) is 1. The summed E-state index contributed by atoms with van der Waals surface area (Å²) in [5.41, 5.74) is 2.82. The summed E-state index contributed by atoms with van der Waals surface area (Å²) in [7, 11) is -1.31. The summed E-state index contributed by atoms with van der Waals surface area (Å²) >= 11 is 0. The Morgan fingerprint density at radius 1 is 1.25 bits per heavy atom. The molecule has 3 atom stereocenters. The quantitative estimate of drug-likeness (QED) is 0.755. The van der Waals surface area contributed by atoms with Crippen LogP contribution in [-0.4, -0.2) is 26.9 Å². The number of nitrogens with one attached hydrogen (secondary N) is 1. The van der Waals surface area contributed by atoms with Crippen LogP contribution in [0.5, 0.6) is 0 Å². The molecule has 0 saturated heterocycles. The third-order valence-electron chi connectivity index (χ3n) is 5.55. The van der Waals surface area contributed by atoms with E-state index in [0.717, 1.165) is 31.2 Å². The van der Waals surface area contributed by atoms with Gasteiger partial charge in [0.2, 0.25) is 11.8 Å². The first-order valence-electron chi connectivity index (χ1n) is 10.2. The van der Waals surface area contributed by atoms with Crippen molar-refractivity contribution in [2.75, 3.05) is 5.75 Å². The van der Waals surface area contributed by atoms with E-state index in [0.29, 0.717) is 23.3 Å². The smallest absolute Gasteiger partial charge is 0.232 e. The first-order chi connectivity index (χ1) is 13.5. The molecular formula is C22H30N2O3S. The molecule has 1 aliphatic rings. The van der Waals surface area contributed by atoms with Crippen LogP contribution in [0.2, 0.25) is 0 Å². The van der Waals surface area contributed by atoms with Gasteiger partial charge in [-0.25, -0.2) is 4.98 Å². The van der Waals surface area contributed by atoms with E-state index in [1.807, 2.05) is 19.1 Å². The van der Waals surface area contributed by atoms with Crippen LogP contribution in [0.1, 0.15) is 56.5 Å². The number of amides is 1. The monoisotopic (exact) mass is 402 g/mol. The molecule has 6 heteroatoms. The van der Waals surface area contributed by atoms with E-state index in [2.05, 4.69) is 36.3 Å². The summed E-state index contributed by atoms with van der Waals surface area (Å²) in [5.74, 6) is 1.79. The van der Waals surface area contributed by atoms with Gasteiger partial charge in [-0.15, -0.1) is 0 Å². The minimum Gasteiger partial charge on any atom is -0.441 e. The van der Waals surface area contributed by atoms with Gasteiger partial charge in [-0.2, -0.15) is 0 Å². The predicted octanol–water partition coefficient (Wildman–Crippen LogP) is 4.16. The number of benzene rings is 1. The van der Waals surface area contributed by atoms with Gasteiger partial charge in [0.1, 0.15) is 11.5 Å². The number of carbonyl (C=O) groups is 1. The second-order valence-electron chi connectivity index (χ2n) is 7.74. The number of aryl methyl sites for hydroxylation is 2. The number of oxazole rings is 1. The average molecular weight is 403 g/mol. The molecule has 0 unspecified atom stereocenters. The van der Waals surface area contributed by atoms with Crippen LogP contribution in [0, 0.1) is 12.8 Å². The summed E-state index contributed by atoms with van der Waals surface area (Å²) < 4.78 is 18.3. The normalized spacial score (nSPS) is 20.7. The zero-order chi connectivity index (χ0) is 20.1. The zero-order valence-electron chi connectivity index (χ0n) is 17.0. The maximum Gasteiger partial charge on any atom is 0.232 e. The molecule has 1 aliphatic carbocycles. The second-order valence-corrected chi connectivity index (χ2v) is 9.19. The van der Waals surface area contributed by atoms with Crippen molar-refractivity contribution < 1.29 is 13.4 Å². The van der Waals surface area contributed by atoms with Gasteiger partial charge in [-0.3, -0.25) is 9.00 Å². The fraction of sp³-hybridized carbons (Fsp3) is 0.545. The summed E-state index contributed by atoms with van der Waals surface area (Å²) in [5, 5.41) is 3.07. The Bertz CT molecular complexity index is 829. The number of hydrogen-bond acceptors (Lipinski definition) is 4. The molecule has 1 amide bonds. The molecule has 0 spiro atoms. The van der Waals surface area contributed by atoms with Gasteiger partial charge >= 0.3 is 0 Å². The van der Waals surface area contributed by atoms with Crippen LogP contribution in [0.25, 0.3) is 11.5 Å². The standard InChI is InChI=1S/C22H30N2O3S/c1-4-17-9-11-18(12-10-17)22-24-20(16(3)27-22)13-28(26)14-21(25)23-19-8-6-5-7-15(19)2/h9-12,15,19H,4-8,13-14H2,1-3H3,(H,23,25)/t15-,19+,28+/m0/s1. The van der Waals surface area contributed by atoms with Crippen molar-refractivity contribution in [1.82, 2.24) is 10.3 Å². The van der Waals surface area contributed by atoms with Crippen molar-refractivity contribution in [3.05, 3.63) is 41.3 Å². The molecule has 2 aromatic rings. The van der Waals surface area contributed by atoms with Gasteiger partial charge in [0.05, 0.1) is 11.4 Å². The van der Waals surface area contributed by atoms with Crippen molar-refractivity contribution in [3.8, 4) is 11.5 Å². The highest BCUT2D eigenvalue weighted by Gasteiger charge is 2.24. The lowest BCUT2D eigenvalue weighted by Gasteiger charge is -2.29. The highest BCUT2D eigenvalue weighted by atomic mass is 32.2. The van der Waals surface area contributed by atoms with Crippen LogP contribution in [-0.2, 0) is 27.8 Å². The molecule has 1 aromatic heterocycles. The largest absolute Gasteiger partial charge is 0.441 e.